The molecule has 2 aliphatic rings. The Hall–Kier alpha value is -2.52. The Morgan fingerprint density at radius 1 is 0.870 bits per heavy atom. The zero-order valence-corrected chi connectivity index (χ0v) is 29.1. The molecular formula is C36H52Cl2N4O4. The number of anilines is 2. The summed E-state index contributed by atoms with van der Waals surface area (Å²) in [5.74, 6) is 0.424. The highest BCUT2D eigenvalue weighted by Gasteiger charge is 2.26. The second kappa shape index (κ2) is 20.0. The third kappa shape index (κ3) is 11.6. The summed E-state index contributed by atoms with van der Waals surface area (Å²) in [5.41, 5.74) is 2.85. The molecule has 1 fully saturated rings. The van der Waals surface area contributed by atoms with Crippen molar-refractivity contribution in [2.24, 2.45) is 0 Å². The number of ether oxygens (including phenoxy) is 2. The van der Waals surface area contributed by atoms with Gasteiger partial charge in [0, 0.05) is 45.1 Å². The van der Waals surface area contributed by atoms with Crippen molar-refractivity contribution < 1.29 is 19.1 Å². The first-order valence-corrected chi connectivity index (χ1v) is 18.1. The van der Waals surface area contributed by atoms with Crippen molar-refractivity contribution in [3.8, 4) is 5.75 Å². The van der Waals surface area contributed by atoms with Gasteiger partial charge in [-0.2, -0.15) is 0 Å². The number of esters is 1. The third-order valence-corrected chi connectivity index (χ3v) is 9.64. The summed E-state index contributed by atoms with van der Waals surface area (Å²) in [6.07, 6.45) is 11.8. The maximum atomic E-state index is 12.8. The van der Waals surface area contributed by atoms with E-state index >= 15 is 0 Å². The van der Waals surface area contributed by atoms with Gasteiger partial charge in [0.05, 0.1) is 28.0 Å². The minimum atomic E-state index is -0.275. The Labute approximate surface area is 285 Å². The maximum absolute atomic E-state index is 12.8. The first-order chi connectivity index (χ1) is 22.5. The lowest BCUT2D eigenvalue weighted by atomic mass is 10.0. The molecule has 1 N–H and O–H groups in total. The molecule has 0 radical (unpaired) electrons. The molecule has 10 heteroatoms. The predicted molar refractivity (Wildman–Crippen MR) is 189 cm³/mol. The molecule has 2 aliphatic heterocycles. The first kappa shape index (κ1) is 36.3. The van der Waals surface area contributed by atoms with Crippen molar-refractivity contribution in [1.29, 1.82) is 0 Å². The van der Waals surface area contributed by atoms with E-state index in [1.807, 2.05) is 36.4 Å². The second-order valence-electron chi connectivity index (χ2n) is 12.3. The highest BCUT2D eigenvalue weighted by atomic mass is 35.5. The normalized spacial score (nSPS) is 15.2. The number of hydrogen-bond donors (Lipinski definition) is 1. The minimum Gasteiger partial charge on any atom is -0.494 e. The number of unbranched alkanes of at least 4 members (excludes halogenated alkanes) is 6. The van der Waals surface area contributed by atoms with Gasteiger partial charge in [-0.05, 0) is 75.5 Å². The Morgan fingerprint density at radius 3 is 2.48 bits per heavy atom. The lowest BCUT2D eigenvalue weighted by molar-refractivity contribution is -0.144. The highest BCUT2D eigenvalue weighted by molar-refractivity contribution is 6.43. The summed E-state index contributed by atoms with van der Waals surface area (Å²) >= 11 is 12.6. The molecule has 1 amide bonds. The zero-order valence-electron chi connectivity index (χ0n) is 27.5. The standard InChI is InChI=1S/C36H52Cl2N4O4/c1-2-3-4-5-6-7-19-39-20-11-14-35(44)46-28-42-33-27-30(17-15-29(33)16-18-34(42)43)45-26-9-8-21-40-22-24-41(25-23-40)32-13-10-12-31(37)36(32)38/h10,12-13,15,17,27,39H,2-9,11,14,16,18-26,28H2,1H3. The van der Waals surface area contributed by atoms with Crippen molar-refractivity contribution in [3.05, 3.63) is 52.0 Å². The average Bonchev–Trinajstić information content (AvgIpc) is 3.06. The number of amides is 1. The fourth-order valence-corrected chi connectivity index (χ4v) is 6.46. The van der Waals surface area contributed by atoms with Gasteiger partial charge < -0.3 is 19.7 Å². The largest absolute Gasteiger partial charge is 0.494 e. The highest BCUT2D eigenvalue weighted by Crippen LogP contribution is 2.33. The molecule has 1 saturated heterocycles. The van der Waals surface area contributed by atoms with Crippen molar-refractivity contribution in [2.45, 2.75) is 84.0 Å². The van der Waals surface area contributed by atoms with Gasteiger partial charge in [0.2, 0.25) is 5.91 Å². The average molecular weight is 676 g/mol. The number of benzene rings is 2. The molecule has 4 rings (SSSR count). The number of carbonyl (C=O) groups excluding carboxylic acids is 2. The topological polar surface area (TPSA) is 74.3 Å². The van der Waals surface area contributed by atoms with E-state index in [0.29, 0.717) is 35.9 Å². The Bertz CT molecular complexity index is 1240. The minimum absolute atomic E-state index is 0.0317. The van der Waals surface area contributed by atoms with E-state index < -0.39 is 0 Å². The second-order valence-corrected chi connectivity index (χ2v) is 13.1. The third-order valence-electron chi connectivity index (χ3n) is 8.83. The fraction of sp³-hybridized carbons (Fsp3) is 0.611. The van der Waals surface area contributed by atoms with Gasteiger partial charge in [-0.15, -0.1) is 0 Å². The van der Waals surface area contributed by atoms with Crippen molar-refractivity contribution in [1.82, 2.24) is 10.2 Å². The molecule has 0 spiro atoms. The summed E-state index contributed by atoms with van der Waals surface area (Å²) in [6.45, 7) is 9.40. The van der Waals surface area contributed by atoms with E-state index in [-0.39, 0.29) is 18.6 Å². The van der Waals surface area contributed by atoms with Crippen LogP contribution in [0.3, 0.4) is 0 Å². The van der Waals surface area contributed by atoms with Crippen LogP contribution in [0.1, 0.15) is 83.1 Å². The molecule has 0 atom stereocenters. The maximum Gasteiger partial charge on any atom is 0.307 e. The van der Waals surface area contributed by atoms with E-state index in [0.717, 1.165) is 87.8 Å². The van der Waals surface area contributed by atoms with Crippen molar-refractivity contribution >= 4 is 46.5 Å². The molecule has 0 unspecified atom stereocenters. The van der Waals surface area contributed by atoms with Crippen LogP contribution in [0.15, 0.2) is 36.4 Å². The molecular weight excluding hydrogens is 623 g/mol. The molecule has 2 aromatic carbocycles. The van der Waals surface area contributed by atoms with Gasteiger partial charge in [-0.1, -0.05) is 74.4 Å². The van der Waals surface area contributed by atoms with Crippen LogP contribution < -0.4 is 19.9 Å². The summed E-state index contributed by atoms with van der Waals surface area (Å²) in [5, 5.41) is 4.64. The van der Waals surface area contributed by atoms with Crippen molar-refractivity contribution in [2.75, 3.05) is 69.0 Å². The van der Waals surface area contributed by atoms with E-state index in [2.05, 4.69) is 22.0 Å². The number of fused-ring (bicyclic) bond motifs is 1. The smallest absolute Gasteiger partial charge is 0.307 e. The van der Waals surface area contributed by atoms with E-state index in [1.165, 1.54) is 38.5 Å². The monoisotopic (exact) mass is 674 g/mol. The molecule has 0 aromatic heterocycles. The number of aryl methyl sites for hydroxylation is 1. The van der Waals surface area contributed by atoms with Gasteiger partial charge in [0.25, 0.3) is 0 Å². The molecule has 0 aliphatic carbocycles. The SMILES string of the molecule is CCCCCCCCNCCCC(=O)OCN1C(=O)CCc2ccc(OCCCCN3CCN(c4cccc(Cl)c4Cl)CC3)cc21. The quantitative estimate of drug-likeness (QED) is 0.115. The molecule has 46 heavy (non-hydrogen) atoms. The van der Waals surface area contributed by atoms with Crippen LogP contribution in [-0.2, 0) is 20.7 Å². The van der Waals surface area contributed by atoms with Gasteiger partial charge in [-0.25, -0.2) is 0 Å². The summed E-state index contributed by atoms with van der Waals surface area (Å²) in [7, 11) is 0. The van der Waals surface area contributed by atoms with E-state index in [4.69, 9.17) is 32.7 Å². The number of rotatable bonds is 20. The Kier molecular flexibility index (Phi) is 15.8. The van der Waals surface area contributed by atoms with Gasteiger partial charge in [-0.3, -0.25) is 19.4 Å². The molecule has 0 bridgehead atoms. The van der Waals surface area contributed by atoms with Crippen LogP contribution in [-0.4, -0.2) is 75.9 Å². The lowest BCUT2D eigenvalue weighted by Crippen LogP contribution is -2.46. The molecule has 0 saturated carbocycles. The fourth-order valence-electron chi connectivity index (χ4n) is 6.05. The van der Waals surface area contributed by atoms with E-state index in [9.17, 15) is 9.59 Å². The van der Waals surface area contributed by atoms with Crippen LogP contribution in [0.25, 0.3) is 0 Å². The lowest BCUT2D eigenvalue weighted by Gasteiger charge is -2.36. The van der Waals surface area contributed by atoms with Crippen LogP contribution in [0, 0.1) is 0 Å². The predicted octanol–water partition coefficient (Wildman–Crippen LogP) is 7.48. The number of nitrogens with zero attached hydrogens (tertiary/aromatic N) is 3. The molecule has 8 nitrogen and oxygen atoms in total. The summed E-state index contributed by atoms with van der Waals surface area (Å²) in [6, 6.07) is 11.7. The molecule has 254 valence electrons. The van der Waals surface area contributed by atoms with Gasteiger partial charge in [0.15, 0.2) is 6.73 Å². The van der Waals surface area contributed by atoms with Gasteiger partial charge in [0.1, 0.15) is 5.75 Å². The Balaban J connectivity index is 1.11. The van der Waals surface area contributed by atoms with Crippen LogP contribution >= 0.6 is 23.2 Å². The zero-order chi connectivity index (χ0) is 32.6. The molecule has 2 aromatic rings. The number of hydrogen-bond acceptors (Lipinski definition) is 7. The van der Waals surface area contributed by atoms with E-state index in [1.54, 1.807) is 4.90 Å². The van der Waals surface area contributed by atoms with Crippen LogP contribution in [0.5, 0.6) is 5.75 Å². The number of halogens is 2. The van der Waals surface area contributed by atoms with Crippen LogP contribution in [0.2, 0.25) is 10.0 Å². The van der Waals surface area contributed by atoms with Crippen LogP contribution in [0.4, 0.5) is 11.4 Å². The number of nitrogens with one attached hydrogen (secondary N) is 1. The Morgan fingerprint density at radius 2 is 1.65 bits per heavy atom. The molecule has 2 heterocycles. The number of carbonyl (C=O) groups is 2. The first-order valence-electron chi connectivity index (χ1n) is 17.3. The summed E-state index contributed by atoms with van der Waals surface area (Å²) in [4.78, 5) is 31.5. The number of piperazine rings is 1. The summed E-state index contributed by atoms with van der Waals surface area (Å²) < 4.78 is 11.6. The van der Waals surface area contributed by atoms with Gasteiger partial charge >= 0.3 is 5.97 Å². The van der Waals surface area contributed by atoms with Crippen molar-refractivity contribution in [3.63, 3.8) is 0 Å².